The van der Waals surface area contributed by atoms with Gasteiger partial charge in [-0.1, -0.05) is 40.9 Å². The third kappa shape index (κ3) is 3.58. The number of fused-ring (bicyclic) bond motifs is 1. The van der Waals surface area contributed by atoms with Crippen molar-refractivity contribution in [3.63, 3.8) is 0 Å². The molecule has 0 amide bonds. The van der Waals surface area contributed by atoms with Crippen molar-refractivity contribution in [1.82, 2.24) is 4.90 Å². The number of halogens is 3. The number of rotatable bonds is 2. The number of nitrogens with zero attached hydrogens (tertiary/aromatic N) is 1. The number of allylic oxidation sites excluding steroid dienone is 1. The molecule has 0 spiro atoms. The molecular formula is C20H24Cl3NO4. The van der Waals surface area contributed by atoms with E-state index >= 15 is 0 Å². The highest BCUT2D eigenvalue weighted by Gasteiger charge is 2.56. The summed E-state index contributed by atoms with van der Waals surface area (Å²) in [6, 6.07) is 4.18. The summed E-state index contributed by atoms with van der Waals surface area (Å²) in [5.41, 5.74) is 1.68. The number of aromatic hydroxyl groups is 1. The molecule has 1 heterocycles. The first-order valence-corrected chi connectivity index (χ1v) is 10.4. The maximum absolute atomic E-state index is 12.6. The largest absolute Gasteiger partial charge is 0.504 e. The summed E-state index contributed by atoms with van der Waals surface area (Å²) in [6.45, 7) is 0.917. The molecule has 2 bridgehead atoms. The normalized spacial score (nSPS) is 28.5. The van der Waals surface area contributed by atoms with Gasteiger partial charge in [-0.05, 0) is 44.1 Å². The van der Waals surface area contributed by atoms with Crippen LogP contribution < -0.4 is 4.74 Å². The SMILES string of the molecule is COC1=CC2C3Cc4ccc(OC)c(O)c4C2(CCN3C)CC1=O.ClC(Cl)Cl. The van der Waals surface area contributed by atoms with E-state index in [0.29, 0.717) is 24.0 Å². The van der Waals surface area contributed by atoms with Gasteiger partial charge in [-0.25, -0.2) is 0 Å². The number of Topliss-reactive ketones (excluding diaryl/α,β-unsaturated/α-hetero) is 1. The second-order valence-electron chi connectivity index (χ2n) is 7.42. The number of phenols is 1. The Morgan fingerprint density at radius 2 is 1.93 bits per heavy atom. The highest BCUT2D eigenvalue weighted by Crippen LogP contribution is 2.57. The molecule has 1 fully saturated rings. The second kappa shape index (κ2) is 8.31. The van der Waals surface area contributed by atoms with E-state index in [9.17, 15) is 9.90 Å². The van der Waals surface area contributed by atoms with Crippen LogP contribution in [0, 0.1) is 5.92 Å². The van der Waals surface area contributed by atoms with E-state index < -0.39 is 4.30 Å². The minimum absolute atomic E-state index is 0.0205. The zero-order valence-electron chi connectivity index (χ0n) is 16.0. The highest BCUT2D eigenvalue weighted by molar-refractivity contribution is 6.63. The molecule has 154 valence electrons. The number of likely N-dealkylation sites (tertiary alicyclic amines) is 1. The van der Waals surface area contributed by atoms with Crippen molar-refractivity contribution in [3.05, 3.63) is 35.1 Å². The van der Waals surface area contributed by atoms with Gasteiger partial charge < -0.3 is 19.5 Å². The Kier molecular flexibility index (Phi) is 6.40. The Hall–Kier alpha value is -1.14. The molecule has 1 aromatic rings. The quantitative estimate of drug-likeness (QED) is 0.693. The van der Waals surface area contributed by atoms with Crippen LogP contribution in [-0.4, -0.2) is 53.9 Å². The van der Waals surface area contributed by atoms with Crippen molar-refractivity contribution in [3.8, 4) is 11.5 Å². The van der Waals surface area contributed by atoms with Gasteiger partial charge in [0.05, 0.1) is 14.2 Å². The van der Waals surface area contributed by atoms with E-state index in [2.05, 4.69) is 11.9 Å². The lowest BCUT2D eigenvalue weighted by molar-refractivity contribution is -0.122. The van der Waals surface area contributed by atoms with Crippen molar-refractivity contribution in [2.24, 2.45) is 5.92 Å². The minimum atomic E-state index is -0.750. The Morgan fingerprint density at radius 3 is 2.54 bits per heavy atom. The summed E-state index contributed by atoms with van der Waals surface area (Å²) in [4.78, 5) is 15.0. The summed E-state index contributed by atoms with van der Waals surface area (Å²) in [5, 5.41) is 10.9. The lowest BCUT2D eigenvalue weighted by Crippen LogP contribution is -2.60. The van der Waals surface area contributed by atoms with E-state index in [4.69, 9.17) is 44.3 Å². The van der Waals surface area contributed by atoms with Crippen molar-refractivity contribution < 1.29 is 19.4 Å². The smallest absolute Gasteiger partial charge is 0.197 e. The van der Waals surface area contributed by atoms with Gasteiger partial charge in [-0.15, -0.1) is 0 Å². The van der Waals surface area contributed by atoms with Crippen LogP contribution in [0.5, 0.6) is 11.5 Å². The molecule has 8 heteroatoms. The summed E-state index contributed by atoms with van der Waals surface area (Å²) >= 11 is 14.4. The van der Waals surface area contributed by atoms with Crippen LogP contribution in [0.1, 0.15) is 24.0 Å². The molecular weight excluding hydrogens is 425 g/mol. The first-order chi connectivity index (χ1) is 13.2. The highest BCUT2D eigenvalue weighted by atomic mass is 35.6. The second-order valence-corrected chi connectivity index (χ2v) is 9.40. The van der Waals surface area contributed by atoms with Crippen molar-refractivity contribution in [2.75, 3.05) is 27.8 Å². The Balaban J connectivity index is 0.000000516. The molecule has 1 aliphatic heterocycles. The number of ether oxygens (including phenoxy) is 2. The first-order valence-electron chi connectivity index (χ1n) is 9.06. The maximum atomic E-state index is 12.6. The number of methoxy groups -OCH3 is 2. The standard InChI is InChI=1S/C19H23NO4.CHCl3/c1-20-7-6-19-10-14(21)16(24-3)9-12(19)13(20)8-11-4-5-15(23-2)18(22)17(11)19;2-1(3)4/h4-5,9,12-13,22H,6-8,10H2,1-3H3;1H. The zero-order valence-corrected chi connectivity index (χ0v) is 18.3. The molecule has 28 heavy (non-hydrogen) atoms. The van der Waals surface area contributed by atoms with E-state index in [-0.39, 0.29) is 22.9 Å². The van der Waals surface area contributed by atoms with Crippen molar-refractivity contribution in [2.45, 2.75) is 35.0 Å². The Bertz CT molecular complexity index is 795. The Morgan fingerprint density at radius 1 is 1.25 bits per heavy atom. The van der Waals surface area contributed by atoms with Gasteiger partial charge in [0.15, 0.2) is 27.3 Å². The molecule has 1 aromatic carbocycles. The summed E-state index contributed by atoms with van der Waals surface area (Å²) in [6.07, 6.45) is 4.08. The van der Waals surface area contributed by atoms with Gasteiger partial charge in [0.25, 0.3) is 0 Å². The number of hydrogen-bond donors (Lipinski definition) is 1. The van der Waals surface area contributed by atoms with E-state index in [0.717, 1.165) is 30.5 Å². The molecule has 1 saturated heterocycles. The van der Waals surface area contributed by atoms with Crippen LogP contribution in [0.15, 0.2) is 24.0 Å². The van der Waals surface area contributed by atoms with Crippen LogP contribution in [0.3, 0.4) is 0 Å². The van der Waals surface area contributed by atoms with Crippen molar-refractivity contribution in [1.29, 1.82) is 0 Å². The lowest BCUT2D eigenvalue weighted by atomic mass is 9.53. The molecule has 0 saturated carbocycles. The van der Waals surface area contributed by atoms with Gasteiger partial charge >= 0.3 is 0 Å². The molecule has 3 atom stereocenters. The molecule has 4 rings (SSSR count). The summed E-state index contributed by atoms with van der Waals surface area (Å²) in [7, 11) is 5.25. The lowest BCUT2D eigenvalue weighted by Gasteiger charge is -2.56. The van der Waals surface area contributed by atoms with Crippen LogP contribution in [0.2, 0.25) is 0 Å². The van der Waals surface area contributed by atoms with Gasteiger partial charge in [-0.3, -0.25) is 4.79 Å². The molecule has 3 unspecified atom stereocenters. The summed E-state index contributed by atoms with van der Waals surface area (Å²) in [5.74, 6) is 1.32. The third-order valence-corrected chi connectivity index (χ3v) is 6.21. The summed E-state index contributed by atoms with van der Waals surface area (Å²) < 4.78 is 9.90. The fraction of sp³-hybridized carbons (Fsp3) is 0.550. The zero-order chi connectivity index (χ0) is 20.6. The number of carbonyl (C=O) groups excluding carboxylic acids is 1. The fourth-order valence-electron chi connectivity index (χ4n) is 5.03. The Labute approximate surface area is 180 Å². The van der Waals surface area contributed by atoms with Gasteiger partial charge in [0.2, 0.25) is 0 Å². The van der Waals surface area contributed by atoms with Crippen LogP contribution >= 0.6 is 34.8 Å². The number of likely N-dealkylation sites (N-methyl/N-ethyl adjacent to an activating group) is 1. The van der Waals surface area contributed by atoms with Gasteiger partial charge in [0.1, 0.15) is 0 Å². The van der Waals surface area contributed by atoms with Crippen LogP contribution in [0.4, 0.5) is 0 Å². The predicted octanol–water partition coefficient (Wildman–Crippen LogP) is 4.00. The average Bonchev–Trinajstić information content (AvgIpc) is 2.63. The number of alkyl halides is 3. The molecule has 0 radical (unpaired) electrons. The molecule has 3 aliphatic rings. The third-order valence-electron chi connectivity index (χ3n) is 6.21. The van der Waals surface area contributed by atoms with E-state index in [1.807, 2.05) is 18.2 Å². The number of phenolic OH excluding ortho intramolecular Hbond substituents is 1. The van der Waals surface area contributed by atoms with E-state index in [1.165, 1.54) is 0 Å². The number of benzene rings is 1. The average molecular weight is 449 g/mol. The molecule has 2 aliphatic carbocycles. The molecule has 1 N–H and O–H groups in total. The number of piperidine rings is 1. The van der Waals surface area contributed by atoms with Crippen molar-refractivity contribution >= 4 is 40.6 Å². The molecule has 0 aromatic heterocycles. The number of ketones is 1. The topological polar surface area (TPSA) is 59.0 Å². The van der Waals surface area contributed by atoms with Crippen LogP contribution in [-0.2, 0) is 21.4 Å². The maximum Gasteiger partial charge on any atom is 0.197 e. The van der Waals surface area contributed by atoms with E-state index in [1.54, 1.807) is 14.2 Å². The van der Waals surface area contributed by atoms with Gasteiger partial charge in [0, 0.05) is 29.4 Å². The molecule has 5 nitrogen and oxygen atoms in total. The predicted molar refractivity (Wildman–Crippen MR) is 111 cm³/mol. The minimum Gasteiger partial charge on any atom is -0.504 e. The van der Waals surface area contributed by atoms with Gasteiger partial charge in [-0.2, -0.15) is 0 Å². The van der Waals surface area contributed by atoms with Crippen LogP contribution in [0.25, 0.3) is 0 Å². The number of carbonyl (C=O) groups is 1. The monoisotopic (exact) mass is 447 g/mol. The first kappa shape index (κ1) is 21.6. The number of hydrogen-bond acceptors (Lipinski definition) is 5. The fourth-order valence-corrected chi connectivity index (χ4v) is 5.03.